The smallest absolute Gasteiger partial charge is 0.246 e. The first-order valence-corrected chi connectivity index (χ1v) is 6.44. The highest BCUT2D eigenvalue weighted by atomic mass is 35.5. The molecule has 4 nitrogen and oxygen atoms in total. The molecule has 3 rings (SSSR count). The van der Waals surface area contributed by atoms with Gasteiger partial charge in [0, 0.05) is 10.6 Å². The normalized spacial score (nSPS) is 11.4. The standard InChI is InChI=1S/C13H11Cl2N3O/c1-6-11(16)13-18(17-6)12(7(2)19-13)9-4-3-8(14)5-10(9)15/h3-5H,16H2,1-2H3. The second-order valence-electron chi connectivity index (χ2n) is 4.35. The lowest BCUT2D eigenvalue weighted by molar-refractivity contribution is 0.574. The Morgan fingerprint density at radius 3 is 2.68 bits per heavy atom. The summed E-state index contributed by atoms with van der Waals surface area (Å²) in [6, 6.07) is 5.31. The molecule has 0 aliphatic rings. The first kappa shape index (κ1) is 12.4. The minimum absolute atomic E-state index is 0.538. The summed E-state index contributed by atoms with van der Waals surface area (Å²) in [5.74, 6) is 0.707. The molecule has 0 fully saturated rings. The van der Waals surface area contributed by atoms with Gasteiger partial charge in [-0.3, -0.25) is 0 Å². The fourth-order valence-electron chi connectivity index (χ4n) is 2.10. The molecular weight excluding hydrogens is 285 g/mol. The Morgan fingerprint density at radius 1 is 1.26 bits per heavy atom. The van der Waals surface area contributed by atoms with Crippen molar-refractivity contribution in [3.63, 3.8) is 0 Å². The van der Waals surface area contributed by atoms with Gasteiger partial charge in [0.25, 0.3) is 0 Å². The number of nitrogens with two attached hydrogens (primary N) is 1. The number of halogens is 2. The summed E-state index contributed by atoms with van der Waals surface area (Å²) in [4.78, 5) is 0. The highest BCUT2D eigenvalue weighted by Crippen LogP contribution is 2.35. The van der Waals surface area contributed by atoms with E-state index in [1.807, 2.05) is 19.9 Å². The average Bonchev–Trinajstić information content (AvgIpc) is 2.78. The number of nitrogen functional groups attached to an aromatic ring is 1. The van der Waals surface area contributed by atoms with Crippen LogP contribution in [0.1, 0.15) is 11.5 Å². The third-order valence-corrected chi connectivity index (χ3v) is 3.59. The molecule has 0 saturated heterocycles. The summed E-state index contributed by atoms with van der Waals surface area (Å²) in [6.45, 7) is 3.68. The van der Waals surface area contributed by atoms with Crippen LogP contribution in [-0.4, -0.2) is 9.61 Å². The summed E-state index contributed by atoms with van der Waals surface area (Å²) in [7, 11) is 0. The van der Waals surface area contributed by atoms with E-state index >= 15 is 0 Å². The summed E-state index contributed by atoms with van der Waals surface area (Å²) in [6.07, 6.45) is 0. The zero-order chi connectivity index (χ0) is 13.7. The third-order valence-electron chi connectivity index (χ3n) is 3.04. The summed E-state index contributed by atoms with van der Waals surface area (Å²) in [5, 5.41) is 5.51. The van der Waals surface area contributed by atoms with Gasteiger partial charge in [-0.05, 0) is 32.0 Å². The van der Waals surface area contributed by atoms with Crippen LogP contribution in [0.25, 0.3) is 17.0 Å². The van der Waals surface area contributed by atoms with Crippen LogP contribution in [0.3, 0.4) is 0 Å². The van der Waals surface area contributed by atoms with Crippen molar-refractivity contribution in [1.29, 1.82) is 0 Å². The van der Waals surface area contributed by atoms with Crippen molar-refractivity contribution < 1.29 is 4.42 Å². The van der Waals surface area contributed by atoms with Crippen molar-refractivity contribution in [1.82, 2.24) is 9.61 Å². The quantitative estimate of drug-likeness (QED) is 0.735. The number of hydrogen-bond donors (Lipinski definition) is 1. The van der Waals surface area contributed by atoms with Crippen molar-refractivity contribution in [2.24, 2.45) is 0 Å². The topological polar surface area (TPSA) is 56.5 Å². The van der Waals surface area contributed by atoms with Crippen molar-refractivity contribution in [2.45, 2.75) is 13.8 Å². The van der Waals surface area contributed by atoms with Gasteiger partial charge in [-0.2, -0.15) is 9.61 Å². The number of aromatic nitrogens is 2. The molecule has 0 radical (unpaired) electrons. The number of nitrogens with zero attached hydrogens (tertiary/aromatic N) is 2. The zero-order valence-corrected chi connectivity index (χ0v) is 11.9. The van der Waals surface area contributed by atoms with Gasteiger partial charge in [-0.1, -0.05) is 23.2 Å². The van der Waals surface area contributed by atoms with E-state index in [1.165, 1.54) is 0 Å². The van der Waals surface area contributed by atoms with E-state index in [1.54, 1.807) is 16.6 Å². The number of benzene rings is 1. The molecule has 2 N–H and O–H groups in total. The zero-order valence-electron chi connectivity index (χ0n) is 10.4. The maximum absolute atomic E-state index is 6.24. The average molecular weight is 296 g/mol. The van der Waals surface area contributed by atoms with Crippen LogP contribution in [0.5, 0.6) is 0 Å². The number of hydrogen-bond acceptors (Lipinski definition) is 3. The molecule has 0 aliphatic carbocycles. The van der Waals surface area contributed by atoms with Crippen molar-refractivity contribution in [2.75, 3.05) is 5.73 Å². The first-order valence-electron chi connectivity index (χ1n) is 5.68. The van der Waals surface area contributed by atoms with Gasteiger partial charge in [0.05, 0.1) is 10.7 Å². The molecule has 0 spiro atoms. The van der Waals surface area contributed by atoms with E-state index in [0.717, 1.165) is 17.0 Å². The lowest BCUT2D eigenvalue weighted by Crippen LogP contribution is -1.91. The van der Waals surface area contributed by atoms with E-state index in [2.05, 4.69) is 5.10 Å². The molecule has 98 valence electrons. The second kappa shape index (κ2) is 4.18. The van der Waals surface area contributed by atoms with Crippen LogP contribution < -0.4 is 5.73 Å². The third kappa shape index (κ3) is 1.79. The molecule has 0 atom stereocenters. The second-order valence-corrected chi connectivity index (χ2v) is 5.19. The van der Waals surface area contributed by atoms with Gasteiger partial charge in [0.1, 0.15) is 17.1 Å². The highest BCUT2D eigenvalue weighted by molar-refractivity contribution is 6.36. The molecule has 2 heterocycles. The van der Waals surface area contributed by atoms with Gasteiger partial charge >= 0.3 is 0 Å². The number of oxazole rings is 1. The van der Waals surface area contributed by atoms with Gasteiger partial charge in [0.2, 0.25) is 5.71 Å². The first-order chi connectivity index (χ1) is 8.99. The van der Waals surface area contributed by atoms with E-state index in [0.29, 0.717) is 27.2 Å². The number of fused-ring (bicyclic) bond motifs is 1. The van der Waals surface area contributed by atoms with Gasteiger partial charge < -0.3 is 10.2 Å². The van der Waals surface area contributed by atoms with Crippen molar-refractivity contribution in [3.05, 3.63) is 39.7 Å². The molecule has 0 amide bonds. The van der Waals surface area contributed by atoms with Gasteiger partial charge in [0.15, 0.2) is 0 Å². The lowest BCUT2D eigenvalue weighted by atomic mass is 10.1. The molecule has 3 aromatic rings. The minimum atomic E-state index is 0.538. The number of aryl methyl sites for hydroxylation is 2. The Morgan fingerprint density at radius 2 is 2.00 bits per heavy atom. The molecule has 2 aromatic heterocycles. The molecule has 0 saturated carbocycles. The maximum atomic E-state index is 6.24. The van der Waals surface area contributed by atoms with E-state index in [4.69, 9.17) is 33.4 Å². The van der Waals surface area contributed by atoms with Crippen LogP contribution in [-0.2, 0) is 0 Å². The Hall–Kier alpha value is -1.65. The molecule has 1 aromatic carbocycles. The molecule has 0 bridgehead atoms. The maximum Gasteiger partial charge on any atom is 0.246 e. The predicted octanol–water partition coefficient (Wildman–Crippen LogP) is 4.10. The number of rotatable bonds is 1. The summed E-state index contributed by atoms with van der Waals surface area (Å²) >= 11 is 12.2. The largest absolute Gasteiger partial charge is 0.440 e. The van der Waals surface area contributed by atoms with Crippen molar-refractivity contribution >= 4 is 34.6 Å². The summed E-state index contributed by atoms with van der Waals surface area (Å²) < 4.78 is 7.35. The Bertz CT molecular complexity index is 789. The number of anilines is 1. The Balaban J connectivity index is 2.35. The SMILES string of the molecule is Cc1nn2c(-c3ccc(Cl)cc3Cl)c(C)oc2c1N. The Kier molecular flexibility index (Phi) is 2.73. The molecule has 0 aliphatic heterocycles. The van der Waals surface area contributed by atoms with E-state index < -0.39 is 0 Å². The van der Waals surface area contributed by atoms with Gasteiger partial charge in [-0.15, -0.1) is 0 Å². The van der Waals surface area contributed by atoms with Crippen LogP contribution in [0.15, 0.2) is 22.6 Å². The fourth-order valence-corrected chi connectivity index (χ4v) is 2.59. The molecule has 0 unspecified atom stereocenters. The van der Waals surface area contributed by atoms with E-state index in [-0.39, 0.29) is 0 Å². The minimum Gasteiger partial charge on any atom is -0.440 e. The predicted molar refractivity (Wildman–Crippen MR) is 76.8 cm³/mol. The lowest BCUT2D eigenvalue weighted by Gasteiger charge is -2.03. The molecular formula is C13H11Cl2N3O. The summed E-state index contributed by atoms with van der Waals surface area (Å²) in [5.41, 5.74) is 9.33. The highest BCUT2D eigenvalue weighted by Gasteiger charge is 2.20. The van der Waals surface area contributed by atoms with Crippen LogP contribution in [0.2, 0.25) is 10.0 Å². The Labute approximate surface area is 119 Å². The van der Waals surface area contributed by atoms with Crippen molar-refractivity contribution in [3.8, 4) is 11.3 Å². The van der Waals surface area contributed by atoms with Crippen LogP contribution in [0.4, 0.5) is 5.69 Å². The van der Waals surface area contributed by atoms with Crippen LogP contribution in [0, 0.1) is 13.8 Å². The van der Waals surface area contributed by atoms with Gasteiger partial charge in [-0.25, -0.2) is 0 Å². The fraction of sp³-hybridized carbons (Fsp3) is 0.154. The molecule has 6 heteroatoms. The van der Waals surface area contributed by atoms with E-state index in [9.17, 15) is 0 Å². The van der Waals surface area contributed by atoms with Crippen LogP contribution >= 0.6 is 23.2 Å². The molecule has 19 heavy (non-hydrogen) atoms. The monoisotopic (exact) mass is 295 g/mol.